The first-order valence-electron chi connectivity index (χ1n) is 9.27. The highest BCUT2D eigenvalue weighted by molar-refractivity contribution is 6.30. The SMILES string of the molecule is Cn1c(=O)c(C#N)c(N2CCCCC2)c2nc(Cl)ccc21.Nc1ccc(Cl)cc1. The number of halogens is 2. The van der Waals surface area contributed by atoms with Crippen molar-refractivity contribution < 1.29 is 0 Å². The fourth-order valence-electron chi connectivity index (χ4n) is 3.36. The Labute approximate surface area is 179 Å². The minimum absolute atomic E-state index is 0.154. The zero-order valence-electron chi connectivity index (χ0n) is 16.0. The molecule has 6 nitrogen and oxygen atoms in total. The summed E-state index contributed by atoms with van der Waals surface area (Å²) in [5.74, 6) is 0. The van der Waals surface area contributed by atoms with Crippen LogP contribution in [0.1, 0.15) is 24.8 Å². The van der Waals surface area contributed by atoms with Crippen LogP contribution in [-0.2, 0) is 7.05 Å². The zero-order chi connectivity index (χ0) is 21.0. The van der Waals surface area contributed by atoms with Crippen LogP contribution in [0.3, 0.4) is 0 Å². The van der Waals surface area contributed by atoms with Gasteiger partial charge >= 0.3 is 0 Å². The van der Waals surface area contributed by atoms with Gasteiger partial charge in [0.25, 0.3) is 5.56 Å². The lowest BCUT2D eigenvalue weighted by Gasteiger charge is -2.30. The second-order valence-electron chi connectivity index (χ2n) is 6.80. The van der Waals surface area contributed by atoms with Gasteiger partial charge in [-0.15, -0.1) is 0 Å². The number of aromatic nitrogens is 2. The number of hydrogen-bond acceptors (Lipinski definition) is 5. The Balaban J connectivity index is 0.000000252. The molecule has 0 amide bonds. The molecule has 150 valence electrons. The number of nitriles is 1. The van der Waals surface area contributed by atoms with Crippen molar-refractivity contribution in [2.45, 2.75) is 19.3 Å². The van der Waals surface area contributed by atoms with Gasteiger partial charge in [-0.3, -0.25) is 4.79 Å². The van der Waals surface area contributed by atoms with Gasteiger partial charge in [-0.25, -0.2) is 4.98 Å². The molecule has 8 heteroatoms. The molecule has 0 spiro atoms. The lowest BCUT2D eigenvalue weighted by atomic mass is 10.1. The molecule has 0 saturated carbocycles. The summed E-state index contributed by atoms with van der Waals surface area (Å²) in [7, 11) is 1.65. The highest BCUT2D eigenvalue weighted by Gasteiger charge is 2.22. The minimum Gasteiger partial charge on any atom is -0.399 e. The maximum atomic E-state index is 12.4. The third-order valence-corrected chi connectivity index (χ3v) is 5.30. The van der Waals surface area contributed by atoms with E-state index in [1.54, 1.807) is 43.4 Å². The van der Waals surface area contributed by atoms with Crippen molar-refractivity contribution in [3.8, 4) is 6.07 Å². The summed E-state index contributed by atoms with van der Waals surface area (Å²) >= 11 is 11.6. The molecule has 3 heterocycles. The molecule has 4 rings (SSSR count). The van der Waals surface area contributed by atoms with Gasteiger partial charge in [0, 0.05) is 30.8 Å². The minimum atomic E-state index is -0.283. The van der Waals surface area contributed by atoms with Crippen molar-refractivity contribution in [1.82, 2.24) is 9.55 Å². The van der Waals surface area contributed by atoms with Crippen molar-refractivity contribution in [3.63, 3.8) is 0 Å². The normalized spacial score (nSPS) is 13.5. The summed E-state index contributed by atoms with van der Waals surface area (Å²) in [5.41, 5.74) is 7.95. The molecule has 1 aliphatic heterocycles. The molecule has 0 bridgehead atoms. The van der Waals surface area contributed by atoms with Crippen LogP contribution < -0.4 is 16.2 Å². The fraction of sp³-hybridized carbons (Fsp3) is 0.286. The van der Waals surface area contributed by atoms with E-state index < -0.39 is 0 Å². The van der Waals surface area contributed by atoms with Crippen LogP contribution in [0.2, 0.25) is 10.2 Å². The predicted molar refractivity (Wildman–Crippen MR) is 119 cm³/mol. The third-order valence-electron chi connectivity index (χ3n) is 4.84. The number of piperidine rings is 1. The molecule has 0 unspecified atom stereocenters. The largest absolute Gasteiger partial charge is 0.399 e. The van der Waals surface area contributed by atoms with E-state index in [1.807, 2.05) is 0 Å². The molecule has 2 aromatic heterocycles. The molecule has 1 fully saturated rings. The summed E-state index contributed by atoms with van der Waals surface area (Å²) in [5, 5.41) is 10.5. The van der Waals surface area contributed by atoms with E-state index in [0.29, 0.717) is 21.9 Å². The number of anilines is 2. The molecule has 29 heavy (non-hydrogen) atoms. The number of pyridine rings is 2. The lowest BCUT2D eigenvalue weighted by Crippen LogP contribution is -2.33. The van der Waals surface area contributed by atoms with E-state index in [0.717, 1.165) is 36.6 Å². The van der Waals surface area contributed by atoms with Crippen LogP contribution >= 0.6 is 23.2 Å². The van der Waals surface area contributed by atoms with E-state index >= 15 is 0 Å². The zero-order valence-corrected chi connectivity index (χ0v) is 17.5. The number of aryl methyl sites for hydroxylation is 1. The number of nitrogens with two attached hydrogens (primary N) is 1. The third kappa shape index (κ3) is 4.64. The van der Waals surface area contributed by atoms with E-state index in [2.05, 4.69) is 16.0 Å². The Kier molecular flexibility index (Phi) is 6.63. The molecule has 1 saturated heterocycles. The van der Waals surface area contributed by atoms with Gasteiger partial charge in [-0.05, 0) is 55.7 Å². The van der Waals surface area contributed by atoms with Crippen molar-refractivity contribution in [1.29, 1.82) is 5.26 Å². The maximum Gasteiger partial charge on any atom is 0.270 e. The number of fused-ring (bicyclic) bond motifs is 1. The van der Waals surface area contributed by atoms with Gasteiger partial charge in [-0.1, -0.05) is 23.2 Å². The number of nitrogens with zero attached hydrogens (tertiary/aromatic N) is 4. The van der Waals surface area contributed by atoms with Crippen LogP contribution in [0.5, 0.6) is 0 Å². The van der Waals surface area contributed by atoms with Crippen molar-refractivity contribution in [2.24, 2.45) is 7.05 Å². The Morgan fingerprint density at radius 2 is 1.72 bits per heavy atom. The number of nitrogen functional groups attached to an aromatic ring is 1. The standard InChI is InChI=1S/C15H15ClN4O.C6H6ClN/c1-19-11-5-6-12(16)18-13(11)14(10(9-17)15(19)21)20-7-3-2-4-8-20;7-5-1-3-6(8)4-2-5/h5-6H,2-4,7-8H2,1H3;1-4H,8H2. The van der Waals surface area contributed by atoms with Gasteiger partial charge < -0.3 is 15.2 Å². The number of hydrogen-bond donors (Lipinski definition) is 1. The topological polar surface area (TPSA) is 87.9 Å². The highest BCUT2D eigenvalue weighted by Crippen LogP contribution is 2.30. The van der Waals surface area contributed by atoms with Gasteiger partial charge in [0.05, 0.1) is 11.2 Å². The quantitative estimate of drug-likeness (QED) is 0.458. The van der Waals surface area contributed by atoms with E-state index in [9.17, 15) is 10.1 Å². The van der Waals surface area contributed by atoms with Crippen LogP contribution in [-0.4, -0.2) is 22.6 Å². The summed E-state index contributed by atoms with van der Waals surface area (Å²) in [6.45, 7) is 1.68. The first-order chi connectivity index (χ1) is 13.9. The Morgan fingerprint density at radius 1 is 1.07 bits per heavy atom. The van der Waals surface area contributed by atoms with E-state index in [4.69, 9.17) is 28.9 Å². The van der Waals surface area contributed by atoms with Crippen LogP contribution in [0, 0.1) is 11.3 Å². The Hall–Kier alpha value is -2.75. The summed E-state index contributed by atoms with van der Waals surface area (Å²) in [6.07, 6.45) is 3.29. The van der Waals surface area contributed by atoms with Gasteiger partial charge in [0.1, 0.15) is 22.3 Å². The van der Waals surface area contributed by atoms with Crippen LogP contribution in [0.25, 0.3) is 11.0 Å². The maximum absolute atomic E-state index is 12.4. The number of rotatable bonds is 1. The molecule has 1 aromatic carbocycles. The highest BCUT2D eigenvalue weighted by atomic mass is 35.5. The van der Waals surface area contributed by atoms with Crippen LogP contribution in [0.15, 0.2) is 41.2 Å². The summed E-state index contributed by atoms with van der Waals surface area (Å²) < 4.78 is 1.46. The molecule has 1 aliphatic rings. The second kappa shape index (κ2) is 9.17. The Bertz CT molecular complexity index is 1090. The first-order valence-corrected chi connectivity index (χ1v) is 10.0. The number of benzene rings is 1. The van der Waals surface area contributed by atoms with Crippen molar-refractivity contribution in [3.05, 3.63) is 62.5 Å². The van der Waals surface area contributed by atoms with E-state index in [1.165, 1.54) is 11.0 Å². The van der Waals surface area contributed by atoms with E-state index in [-0.39, 0.29) is 11.1 Å². The second-order valence-corrected chi connectivity index (χ2v) is 7.62. The molecule has 0 radical (unpaired) electrons. The van der Waals surface area contributed by atoms with Gasteiger partial charge in [0.15, 0.2) is 0 Å². The lowest BCUT2D eigenvalue weighted by molar-refractivity contribution is 0.578. The molecule has 3 aromatic rings. The molecule has 2 N–H and O–H groups in total. The average molecular weight is 430 g/mol. The Morgan fingerprint density at radius 3 is 2.31 bits per heavy atom. The van der Waals surface area contributed by atoms with Crippen LogP contribution in [0.4, 0.5) is 11.4 Å². The average Bonchev–Trinajstić information content (AvgIpc) is 2.73. The molecular weight excluding hydrogens is 409 g/mol. The van der Waals surface area contributed by atoms with Gasteiger partial charge in [0.2, 0.25) is 0 Å². The summed E-state index contributed by atoms with van der Waals surface area (Å²) in [4.78, 5) is 18.9. The molecule has 0 atom stereocenters. The van der Waals surface area contributed by atoms with Crippen molar-refractivity contribution in [2.75, 3.05) is 23.7 Å². The monoisotopic (exact) mass is 429 g/mol. The summed E-state index contributed by atoms with van der Waals surface area (Å²) in [6, 6.07) is 12.6. The molecule has 0 aliphatic carbocycles. The van der Waals surface area contributed by atoms with Crippen molar-refractivity contribution >= 4 is 45.6 Å². The first kappa shape index (κ1) is 21.0. The predicted octanol–water partition coefficient (Wildman–Crippen LogP) is 4.37. The smallest absolute Gasteiger partial charge is 0.270 e. The molecular formula is C21H21Cl2N5O. The van der Waals surface area contributed by atoms with Gasteiger partial charge in [-0.2, -0.15) is 5.26 Å². The fourth-order valence-corrected chi connectivity index (χ4v) is 3.63.